The van der Waals surface area contributed by atoms with Crippen LogP contribution in [0.4, 0.5) is 8.78 Å². The van der Waals surface area contributed by atoms with Gasteiger partial charge in [0, 0.05) is 24.6 Å². The summed E-state index contributed by atoms with van der Waals surface area (Å²) < 4.78 is 32.1. The van der Waals surface area contributed by atoms with Gasteiger partial charge in [-0.25, -0.2) is 8.78 Å². The van der Waals surface area contributed by atoms with E-state index >= 15 is 0 Å². The molecule has 1 aromatic heterocycles. The number of fused-ring (bicyclic) bond motifs is 2. The van der Waals surface area contributed by atoms with Crippen LogP contribution >= 0.6 is 0 Å². The molecule has 2 aromatic rings. The topological polar surface area (TPSA) is 53.7 Å². The van der Waals surface area contributed by atoms with E-state index in [-0.39, 0.29) is 30.8 Å². The highest BCUT2D eigenvalue weighted by molar-refractivity contribution is 5.79. The third-order valence-electron chi connectivity index (χ3n) is 5.61. The van der Waals surface area contributed by atoms with Crippen LogP contribution in [0.3, 0.4) is 0 Å². The molecule has 0 radical (unpaired) electrons. The van der Waals surface area contributed by atoms with Crippen LogP contribution in [0.25, 0.3) is 0 Å². The number of rotatable bonds is 4. The molecular formula is C20H21F2NO3. The van der Waals surface area contributed by atoms with Gasteiger partial charge in [-0.2, -0.15) is 0 Å². The average molecular weight is 361 g/mol. The Bertz CT molecular complexity index is 791. The maximum Gasteiger partial charge on any atom is 0.227 e. The summed E-state index contributed by atoms with van der Waals surface area (Å²) in [5, 5.41) is 11.0. The summed E-state index contributed by atoms with van der Waals surface area (Å²) in [6.07, 6.45) is 6.05. The van der Waals surface area contributed by atoms with Gasteiger partial charge in [0.25, 0.3) is 0 Å². The van der Waals surface area contributed by atoms with E-state index in [1.54, 1.807) is 18.6 Å². The van der Waals surface area contributed by atoms with Gasteiger partial charge in [-0.3, -0.25) is 4.79 Å². The number of halogens is 2. The SMILES string of the molecule is O=C(Cc1ccoc1)N1C2CCC1CC(O)(Cc1ccc(F)cc1F)C2. The Morgan fingerprint density at radius 2 is 1.96 bits per heavy atom. The van der Waals surface area contributed by atoms with Crippen LogP contribution in [0.1, 0.15) is 36.8 Å². The summed E-state index contributed by atoms with van der Waals surface area (Å²) in [5.41, 5.74) is 0.0757. The van der Waals surface area contributed by atoms with Crippen molar-refractivity contribution in [1.29, 1.82) is 0 Å². The molecule has 1 aromatic carbocycles. The molecule has 6 heteroatoms. The summed E-state index contributed by atoms with van der Waals surface area (Å²) in [4.78, 5) is 14.6. The van der Waals surface area contributed by atoms with Gasteiger partial charge < -0.3 is 14.4 Å². The third-order valence-corrected chi connectivity index (χ3v) is 5.61. The number of carbonyl (C=O) groups excluding carboxylic acids is 1. The van der Waals surface area contributed by atoms with Crippen LogP contribution in [0, 0.1) is 11.6 Å². The lowest BCUT2D eigenvalue weighted by Crippen LogP contribution is -2.54. The predicted molar refractivity (Wildman–Crippen MR) is 90.3 cm³/mol. The number of hydrogen-bond donors (Lipinski definition) is 1. The summed E-state index contributed by atoms with van der Waals surface area (Å²) in [7, 11) is 0. The zero-order valence-electron chi connectivity index (χ0n) is 14.3. The fourth-order valence-corrected chi connectivity index (χ4v) is 4.55. The molecule has 1 amide bonds. The minimum absolute atomic E-state index is 0.0360. The van der Waals surface area contributed by atoms with Gasteiger partial charge in [0.05, 0.1) is 24.5 Å². The molecule has 2 unspecified atom stereocenters. The lowest BCUT2D eigenvalue weighted by atomic mass is 9.81. The number of nitrogens with zero attached hydrogens (tertiary/aromatic N) is 1. The predicted octanol–water partition coefficient (Wildman–Crippen LogP) is 3.23. The van der Waals surface area contributed by atoms with Gasteiger partial charge in [0.2, 0.25) is 5.91 Å². The highest BCUT2D eigenvalue weighted by Gasteiger charge is 2.49. The molecule has 0 spiro atoms. The fraction of sp³-hybridized carbons (Fsp3) is 0.450. The first-order valence-electron chi connectivity index (χ1n) is 8.92. The monoisotopic (exact) mass is 361 g/mol. The van der Waals surface area contributed by atoms with Crippen molar-refractivity contribution in [2.75, 3.05) is 0 Å². The van der Waals surface area contributed by atoms with E-state index in [4.69, 9.17) is 4.42 Å². The molecular weight excluding hydrogens is 340 g/mol. The minimum Gasteiger partial charge on any atom is -0.472 e. The standard InChI is InChI=1S/C20H21F2NO3/c21-15-2-1-14(18(22)8-15)9-20(25)10-16-3-4-17(11-20)23(16)19(24)7-13-5-6-26-12-13/h1-2,5-6,8,12,16-17,25H,3-4,7,9-11H2. The van der Waals surface area contributed by atoms with E-state index < -0.39 is 17.2 Å². The van der Waals surface area contributed by atoms with Gasteiger partial charge in [-0.1, -0.05) is 6.07 Å². The zero-order chi connectivity index (χ0) is 18.3. The third kappa shape index (κ3) is 3.26. The largest absolute Gasteiger partial charge is 0.472 e. The number of hydrogen-bond acceptors (Lipinski definition) is 3. The first-order chi connectivity index (χ1) is 12.4. The van der Waals surface area contributed by atoms with Crippen molar-refractivity contribution < 1.29 is 23.1 Å². The lowest BCUT2D eigenvalue weighted by molar-refractivity contribution is -0.140. The van der Waals surface area contributed by atoms with Gasteiger partial charge in [-0.05, 0) is 48.9 Å². The summed E-state index contributed by atoms with van der Waals surface area (Å²) >= 11 is 0. The highest BCUT2D eigenvalue weighted by Crippen LogP contribution is 2.42. The Morgan fingerprint density at radius 3 is 2.58 bits per heavy atom. The second-order valence-corrected chi connectivity index (χ2v) is 7.54. The van der Waals surface area contributed by atoms with Crippen molar-refractivity contribution in [3.8, 4) is 0 Å². The van der Waals surface area contributed by atoms with Crippen molar-refractivity contribution in [2.24, 2.45) is 0 Å². The normalized spacial score (nSPS) is 27.7. The molecule has 2 bridgehead atoms. The molecule has 2 aliphatic rings. The molecule has 138 valence electrons. The van der Waals surface area contributed by atoms with Crippen molar-refractivity contribution in [3.63, 3.8) is 0 Å². The van der Waals surface area contributed by atoms with E-state index in [2.05, 4.69) is 0 Å². The number of amides is 1. The average Bonchev–Trinajstić information content (AvgIpc) is 3.17. The zero-order valence-corrected chi connectivity index (χ0v) is 14.3. The maximum atomic E-state index is 14.0. The number of piperidine rings is 1. The number of carbonyl (C=O) groups is 1. The molecule has 26 heavy (non-hydrogen) atoms. The van der Waals surface area contributed by atoms with Crippen molar-refractivity contribution in [2.45, 2.75) is 56.2 Å². The Labute approximate surface area is 150 Å². The molecule has 3 heterocycles. The molecule has 2 saturated heterocycles. The highest BCUT2D eigenvalue weighted by atomic mass is 19.1. The first-order valence-corrected chi connectivity index (χ1v) is 8.92. The van der Waals surface area contributed by atoms with E-state index in [0.29, 0.717) is 18.4 Å². The molecule has 0 aliphatic carbocycles. The smallest absolute Gasteiger partial charge is 0.227 e. The lowest BCUT2D eigenvalue weighted by Gasteiger charge is -2.44. The van der Waals surface area contributed by atoms with Crippen LogP contribution in [-0.4, -0.2) is 33.6 Å². The quantitative estimate of drug-likeness (QED) is 0.910. The molecule has 4 rings (SSSR count). The van der Waals surface area contributed by atoms with Gasteiger partial charge in [-0.15, -0.1) is 0 Å². The van der Waals surface area contributed by atoms with E-state index in [9.17, 15) is 18.7 Å². The molecule has 0 saturated carbocycles. The van der Waals surface area contributed by atoms with E-state index in [0.717, 1.165) is 24.5 Å². The van der Waals surface area contributed by atoms with Crippen LogP contribution in [0.5, 0.6) is 0 Å². The van der Waals surface area contributed by atoms with Gasteiger partial charge in [0.15, 0.2) is 0 Å². The maximum absolute atomic E-state index is 14.0. The van der Waals surface area contributed by atoms with Gasteiger partial charge >= 0.3 is 0 Å². The van der Waals surface area contributed by atoms with Crippen molar-refractivity contribution in [3.05, 3.63) is 59.6 Å². The molecule has 2 aliphatic heterocycles. The van der Waals surface area contributed by atoms with E-state index in [1.165, 1.54) is 12.1 Å². The number of furan rings is 1. The molecule has 2 fully saturated rings. The van der Waals surface area contributed by atoms with Crippen LogP contribution < -0.4 is 0 Å². The van der Waals surface area contributed by atoms with Crippen LogP contribution in [0.2, 0.25) is 0 Å². The van der Waals surface area contributed by atoms with Crippen LogP contribution in [-0.2, 0) is 17.6 Å². The molecule has 2 atom stereocenters. The van der Waals surface area contributed by atoms with Gasteiger partial charge in [0.1, 0.15) is 11.6 Å². The summed E-state index contributed by atoms with van der Waals surface area (Å²) in [6.45, 7) is 0. The summed E-state index contributed by atoms with van der Waals surface area (Å²) in [6, 6.07) is 5.14. The Hall–Kier alpha value is -2.21. The number of benzene rings is 1. The fourth-order valence-electron chi connectivity index (χ4n) is 4.55. The Kier molecular flexibility index (Phi) is 4.31. The second kappa shape index (κ2) is 6.50. The first kappa shape index (κ1) is 17.2. The molecule has 1 N–H and O–H groups in total. The van der Waals surface area contributed by atoms with E-state index in [1.807, 2.05) is 4.90 Å². The van der Waals surface area contributed by atoms with Crippen molar-refractivity contribution in [1.82, 2.24) is 4.90 Å². The Morgan fingerprint density at radius 1 is 1.23 bits per heavy atom. The number of aliphatic hydroxyl groups is 1. The Balaban J connectivity index is 1.47. The minimum atomic E-state index is -1.07. The summed E-state index contributed by atoms with van der Waals surface area (Å²) in [5.74, 6) is -1.23. The van der Waals surface area contributed by atoms with Crippen LogP contribution in [0.15, 0.2) is 41.2 Å². The second-order valence-electron chi connectivity index (χ2n) is 7.54. The molecule has 4 nitrogen and oxygen atoms in total. The van der Waals surface area contributed by atoms with Crippen molar-refractivity contribution >= 4 is 5.91 Å².